The molecule has 2 amide bonds. The third-order valence-electron chi connectivity index (χ3n) is 3.87. The van der Waals surface area contributed by atoms with Crippen molar-refractivity contribution in [2.24, 2.45) is 0 Å². The van der Waals surface area contributed by atoms with Crippen LogP contribution in [0.5, 0.6) is 0 Å². The van der Waals surface area contributed by atoms with Crippen molar-refractivity contribution >= 4 is 46.3 Å². The zero-order chi connectivity index (χ0) is 20.3. The Morgan fingerprint density at radius 2 is 1.96 bits per heavy atom. The molecule has 6 nitrogen and oxygen atoms in total. The maximum atomic E-state index is 13.1. The van der Waals surface area contributed by atoms with E-state index in [1.165, 1.54) is 36.4 Å². The van der Waals surface area contributed by atoms with Gasteiger partial charge in [0, 0.05) is 11.1 Å². The fourth-order valence-corrected chi connectivity index (χ4v) is 3.52. The fraction of sp³-hybridized carbons (Fsp3) is 0.0526. The van der Waals surface area contributed by atoms with Gasteiger partial charge in [-0.25, -0.2) is 4.39 Å². The number of hydrogen-bond donors (Lipinski definition) is 0. The van der Waals surface area contributed by atoms with Gasteiger partial charge in [-0.15, -0.1) is 0 Å². The minimum absolute atomic E-state index is 0.0637. The number of allylic oxidation sites excluding steroid dienone is 2. The first-order valence-corrected chi connectivity index (χ1v) is 9.15. The Hall–Kier alpha value is -2.97. The van der Waals surface area contributed by atoms with E-state index in [-0.39, 0.29) is 22.2 Å². The fourth-order valence-electron chi connectivity index (χ4n) is 2.50. The normalized spacial score (nSPS) is 15.8. The number of imide groups is 1. The summed E-state index contributed by atoms with van der Waals surface area (Å²) in [6.45, 7) is -0.0744. The van der Waals surface area contributed by atoms with Gasteiger partial charge in [0.2, 0.25) is 0 Å². The molecule has 28 heavy (non-hydrogen) atoms. The highest BCUT2D eigenvalue weighted by atomic mass is 35.5. The van der Waals surface area contributed by atoms with Gasteiger partial charge in [0.05, 0.1) is 21.9 Å². The lowest BCUT2D eigenvalue weighted by atomic mass is 10.1. The summed E-state index contributed by atoms with van der Waals surface area (Å²) >= 11 is 6.71. The van der Waals surface area contributed by atoms with E-state index in [4.69, 9.17) is 11.6 Å². The second kappa shape index (κ2) is 8.37. The molecule has 0 spiro atoms. The Morgan fingerprint density at radius 1 is 1.21 bits per heavy atom. The van der Waals surface area contributed by atoms with Crippen molar-refractivity contribution in [1.82, 2.24) is 4.90 Å². The number of nitro benzene ring substituents is 1. The van der Waals surface area contributed by atoms with Gasteiger partial charge >= 0.3 is 0 Å². The number of carbonyl (C=O) groups excluding carboxylic acids is 2. The number of carbonyl (C=O) groups is 2. The van der Waals surface area contributed by atoms with Crippen LogP contribution in [0.15, 0.2) is 59.5 Å². The van der Waals surface area contributed by atoms with Gasteiger partial charge in [-0.3, -0.25) is 24.6 Å². The number of thioether (sulfide) groups is 1. The summed E-state index contributed by atoms with van der Waals surface area (Å²) in [6, 6.07) is 9.89. The molecule has 0 aromatic heterocycles. The molecule has 142 valence electrons. The highest BCUT2D eigenvalue weighted by Crippen LogP contribution is 2.33. The van der Waals surface area contributed by atoms with Crippen LogP contribution in [0.1, 0.15) is 11.1 Å². The number of benzene rings is 2. The highest BCUT2D eigenvalue weighted by Gasteiger charge is 2.35. The van der Waals surface area contributed by atoms with Crippen molar-refractivity contribution in [3.8, 4) is 0 Å². The maximum absolute atomic E-state index is 13.1. The number of nitrogens with zero attached hydrogens (tertiary/aromatic N) is 2. The van der Waals surface area contributed by atoms with Crippen LogP contribution in [0.25, 0.3) is 6.08 Å². The molecule has 1 aliphatic rings. The van der Waals surface area contributed by atoms with Crippen molar-refractivity contribution in [1.29, 1.82) is 0 Å². The molecule has 1 aliphatic heterocycles. The molecule has 0 atom stereocenters. The lowest BCUT2D eigenvalue weighted by molar-refractivity contribution is -0.385. The van der Waals surface area contributed by atoms with E-state index in [1.54, 1.807) is 18.2 Å². The molecule has 1 heterocycles. The second-order valence-electron chi connectivity index (χ2n) is 5.70. The zero-order valence-corrected chi connectivity index (χ0v) is 15.7. The summed E-state index contributed by atoms with van der Waals surface area (Å²) in [5, 5.41) is 10.7. The highest BCUT2D eigenvalue weighted by molar-refractivity contribution is 8.18. The molecular formula is C19H12ClFN2O4S. The first-order valence-electron chi connectivity index (χ1n) is 7.96. The van der Waals surface area contributed by atoms with Crippen LogP contribution in [-0.4, -0.2) is 21.0 Å². The van der Waals surface area contributed by atoms with E-state index >= 15 is 0 Å². The summed E-state index contributed by atoms with van der Waals surface area (Å²) < 4.78 is 13.1. The average Bonchev–Trinajstić information content (AvgIpc) is 2.91. The Balaban J connectivity index is 1.77. The molecule has 0 unspecified atom stereocenters. The molecule has 9 heteroatoms. The van der Waals surface area contributed by atoms with Crippen LogP contribution in [0.2, 0.25) is 5.02 Å². The van der Waals surface area contributed by atoms with E-state index in [0.717, 1.165) is 22.7 Å². The molecule has 3 rings (SSSR count). The minimum atomic E-state index is -0.511. The number of nitro groups is 1. The third kappa shape index (κ3) is 4.29. The molecule has 0 bridgehead atoms. The van der Waals surface area contributed by atoms with Crippen LogP contribution < -0.4 is 0 Å². The Labute approximate surface area is 168 Å². The first kappa shape index (κ1) is 19.8. The minimum Gasteiger partial charge on any atom is -0.268 e. The molecule has 2 aromatic rings. The van der Waals surface area contributed by atoms with Crippen LogP contribution in [-0.2, 0) is 11.3 Å². The standard InChI is InChI=1S/C19H12ClFN2O4S/c20-15-10-14(21)9-8-13(15)11-22-18(24)17(28-19(22)25)7-3-5-12-4-1-2-6-16(12)23(26)27/h1-10H,11H2/b5-3+,17-7-. The van der Waals surface area contributed by atoms with Gasteiger partial charge in [0.1, 0.15) is 5.82 Å². The second-order valence-corrected chi connectivity index (χ2v) is 7.10. The van der Waals surface area contributed by atoms with Crippen molar-refractivity contribution in [3.05, 3.63) is 91.6 Å². The topological polar surface area (TPSA) is 80.5 Å². The molecule has 0 saturated carbocycles. The smallest absolute Gasteiger partial charge is 0.268 e. The van der Waals surface area contributed by atoms with Crippen molar-refractivity contribution in [2.45, 2.75) is 6.54 Å². The van der Waals surface area contributed by atoms with E-state index in [9.17, 15) is 24.1 Å². The number of rotatable bonds is 5. The Morgan fingerprint density at radius 3 is 2.68 bits per heavy atom. The molecule has 2 aromatic carbocycles. The van der Waals surface area contributed by atoms with Gasteiger partial charge in [0.15, 0.2) is 0 Å². The Bertz CT molecular complexity index is 1040. The van der Waals surface area contributed by atoms with Crippen molar-refractivity contribution in [2.75, 3.05) is 0 Å². The lowest BCUT2D eigenvalue weighted by Crippen LogP contribution is -2.27. The summed E-state index contributed by atoms with van der Waals surface area (Å²) in [5.41, 5.74) is 0.759. The molecule has 0 aliphatic carbocycles. The maximum Gasteiger partial charge on any atom is 0.293 e. The van der Waals surface area contributed by atoms with Gasteiger partial charge in [-0.05, 0) is 47.7 Å². The van der Waals surface area contributed by atoms with E-state index < -0.39 is 21.9 Å². The van der Waals surface area contributed by atoms with Crippen molar-refractivity contribution in [3.63, 3.8) is 0 Å². The zero-order valence-electron chi connectivity index (χ0n) is 14.2. The summed E-state index contributed by atoms with van der Waals surface area (Å²) in [7, 11) is 0. The largest absolute Gasteiger partial charge is 0.293 e. The molecule has 1 saturated heterocycles. The monoisotopic (exact) mass is 418 g/mol. The molecular weight excluding hydrogens is 407 g/mol. The van der Waals surface area contributed by atoms with Crippen LogP contribution >= 0.6 is 23.4 Å². The number of amides is 2. The number of halogens is 2. The quantitative estimate of drug-likeness (QED) is 0.379. The SMILES string of the molecule is O=C1S/C(=C\C=C\c2ccccc2[N+](=O)[O-])C(=O)N1Cc1ccc(F)cc1Cl. The lowest BCUT2D eigenvalue weighted by Gasteiger charge is -2.13. The molecule has 1 fully saturated rings. The average molecular weight is 419 g/mol. The van der Waals surface area contributed by atoms with E-state index in [2.05, 4.69) is 0 Å². The molecule has 0 radical (unpaired) electrons. The van der Waals surface area contributed by atoms with Gasteiger partial charge in [0.25, 0.3) is 16.8 Å². The van der Waals surface area contributed by atoms with E-state index in [0.29, 0.717) is 11.1 Å². The summed E-state index contributed by atoms with van der Waals surface area (Å²) in [4.78, 5) is 36.3. The van der Waals surface area contributed by atoms with E-state index in [1.807, 2.05) is 0 Å². The number of para-hydroxylation sites is 1. The van der Waals surface area contributed by atoms with Gasteiger partial charge < -0.3 is 0 Å². The van der Waals surface area contributed by atoms with Gasteiger partial charge in [-0.2, -0.15) is 0 Å². The number of hydrogen-bond acceptors (Lipinski definition) is 5. The molecule has 0 N–H and O–H groups in total. The Kier molecular flexibility index (Phi) is 5.91. The third-order valence-corrected chi connectivity index (χ3v) is 5.15. The van der Waals surface area contributed by atoms with Crippen LogP contribution in [0.3, 0.4) is 0 Å². The van der Waals surface area contributed by atoms with Crippen molar-refractivity contribution < 1.29 is 18.9 Å². The summed E-state index contributed by atoms with van der Waals surface area (Å²) in [6.07, 6.45) is 4.39. The summed E-state index contributed by atoms with van der Waals surface area (Å²) in [5.74, 6) is -1.02. The van der Waals surface area contributed by atoms with Crippen LogP contribution in [0.4, 0.5) is 14.9 Å². The predicted molar refractivity (Wildman–Crippen MR) is 105 cm³/mol. The first-order chi connectivity index (χ1) is 13.4. The predicted octanol–water partition coefficient (Wildman–Crippen LogP) is 5.18. The van der Waals surface area contributed by atoms with Crippen LogP contribution in [0, 0.1) is 15.9 Å². The van der Waals surface area contributed by atoms with Gasteiger partial charge in [-0.1, -0.05) is 35.9 Å².